The lowest BCUT2D eigenvalue weighted by atomic mass is 10.0. The number of nitrogens with zero attached hydrogens (tertiary/aromatic N) is 1. The van der Waals surface area contributed by atoms with Crippen molar-refractivity contribution in [3.8, 4) is 0 Å². The fraction of sp³-hybridized carbons (Fsp3) is 0.400. The van der Waals surface area contributed by atoms with Crippen LogP contribution in [0.15, 0.2) is 18.2 Å². The number of aliphatic hydroxyl groups is 2. The molecule has 0 aliphatic rings. The molecule has 108 valence electrons. The highest BCUT2D eigenvalue weighted by Crippen LogP contribution is 2.32. The highest BCUT2D eigenvalue weighted by molar-refractivity contribution is 6.04. The predicted molar refractivity (Wildman–Crippen MR) is 76.0 cm³/mol. The Kier molecular flexibility index (Phi) is 4.11. The highest BCUT2D eigenvalue weighted by atomic mass is 16.4. The Morgan fingerprint density at radius 1 is 1.40 bits per heavy atom. The molecule has 2 aromatic rings. The lowest BCUT2D eigenvalue weighted by molar-refractivity contribution is 0.0698. The van der Waals surface area contributed by atoms with Crippen molar-refractivity contribution < 1.29 is 20.1 Å². The molecule has 0 radical (unpaired) electrons. The molecule has 1 atom stereocenters. The molecule has 0 amide bonds. The van der Waals surface area contributed by atoms with E-state index in [0.717, 1.165) is 16.6 Å². The van der Waals surface area contributed by atoms with E-state index in [4.69, 9.17) is 5.11 Å². The Morgan fingerprint density at radius 2 is 2.10 bits per heavy atom. The van der Waals surface area contributed by atoms with Crippen LogP contribution in [0.25, 0.3) is 10.9 Å². The van der Waals surface area contributed by atoms with Crippen molar-refractivity contribution in [1.29, 1.82) is 0 Å². The molecule has 20 heavy (non-hydrogen) atoms. The van der Waals surface area contributed by atoms with Gasteiger partial charge in [-0.05, 0) is 26.3 Å². The molecule has 3 N–H and O–H groups in total. The van der Waals surface area contributed by atoms with Gasteiger partial charge in [0.15, 0.2) is 0 Å². The molecule has 1 aromatic carbocycles. The minimum absolute atomic E-state index is 0.0400. The van der Waals surface area contributed by atoms with Crippen LogP contribution in [0.4, 0.5) is 0 Å². The number of fused-ring (bicyclic) bond motifs is 1. The largest absolute Gasteiger partial charge is 0.478 e. The molecule has 5 nitrogen and oxygen atoms in total. The van der Waals surface area contributed by atoms with E-state index in [-0.39, 0.29) is 12.2 Å². The van der Waals surface area contributed by atoms with Gasteiger partial charge >= 0.3 is 5.97 Å². The average molecular weight is 277 g/mol. The number of hydrogen-bond acceptors (Lipinski definition) is 3. The van der Waals surface area contributed by atoms with Crippen LogP contribution in [0, 0.1) is 6.92 Å². The summed E-state index contributed by atoms with van der Waals surface area (Å²) >= 11 is 0. The lowest BCUT2D eigenvalue weighted by Gasteiger charge is -2.09. The van der Waals surface area contributed by atoms with Crippen LogP contribution < -0.4 is 0 Å². The zero-order valence-electron chi connectivity index (χ0n) is 11.6. The summed E-state index contributed by atoms with van der Waals surface area (Å²) in [5.74, 6) is -0.990. The van der Waals surface area contributed by atoms with Crippen molar-refractivity contribution >= 4 is 16.9 Å². The molecular formula is C15H19NO4. The minimum Gasteiger partial charge on any atom is -0.478 e. The van der Waals surface area contributed by atoms with Crippen molar-refractivity contribution in [3.63, 3.8) is 0 Å². The first-order chi connectivity index (χ1) is 9.49. The number of carboxylic acid groups (broad SMARTS) is 1. The highest BCUT2D eigenvalue weighted by Gasteiger charge is 2.21. The normalized spacial score (nSPS) is 12.8. The van der Waals surface area contributed by atoms with Crippen molar-refractivity contribution in [2.75, 3.05) is 6.61 Å². The average Bonchev–Trinajstić information content (AvgIpc) is 2.67. The molecular weight excluding hydrogens is 258 g/mol. The summed E-state index contributed by atoms with van der Waals surface area (Å²) in [4.78, 5) is 11.4. The SMILES string of the molecule is Cc1c(C(C)O)c2cccc(C(=O)O)c2n1CCCO. The summed E-state index contributed by atoms with van der Waals surface area (Å²) in [5.41, 5.74) is 2.43. The smallest absolute Gasteiger partial charge is 0.337 e. The van der Waals surface area contributed by atoms with Gasteiger partial charge in [-0.1, -0.05) is 12.1 Å². The molecule has 1 heterocycles. The number of aromatic nitrogens is 1. The van der Waals surface area contributed by atoms with E-state index >= 15 is 0 Å². The standard InChI is InChI=1S/C15H19NO4/c1-9-13(10(2)18)11-5-3-6-12(15(19)20)14(11)16(9)7-4-8-17/h3,5-6,10,17-18H,4,7-8H2,1-2H3,(H,19,20). The van der Waals surface area contributed by atoms with Gasteiger partial charge in [-0.15, -0.1) is 0 Å². The summed E-state index contributed by atoms with van der Waals surface area (Å²) in [5, 5.41) is 29.1. The van der Waals surface area contributed by atoms with Gasteiger partial charge in [-0.2, -0.15) is 0 Å². The fourth-order valence-electron chi connectivity index (χ4n) is 2.77. The van der Waals surface area contributed by atoms with Gasteiger partial charge < -0.3 is 19.9 Å². The zero-order chi connectivity index (χ0) is 14.9. The molecule has 1 aromatic heterocycles. The fourth-order valence-corrected chi connectivity index (χ4v) is 2.77. The summed E-state index contributed by atoms with van der Waals surface area (Å²) < 4.78 is 1.87. The summed E-state index contributed by atoms with van der Waals surface area (Å²) in [7, 11) is 0. The summed E-state index contributed by atoms with van der Waals surface area (Å²) in [6.07, 6.45) is -0.130. The first kappa shape index (κ1) is 14.6. The Balaban J connectivity index is 2.80. The van der Waals surface area contributed by atoms with Crippen molar-refractivity contribution in [2.24, 2.45) is 0 Å². The molecule has 0 saturated heterocycles. The van der Waals surface area contributed by atoms with Gasteiger partial charge in [0.1, 0.15) is 0 Å². The number of aromatic carboxylic acids is 1. The van der Waals surface area contributed by atoms with Gasteiger partial charge in [-0.25, -0.2) is 4.79 Å². The molecule has 1 unspecified atom stereocenters. The summed E-state index contributed by atoms with van der Waals surface area (Å²) in [6, 6.07) is 5.07. The molecule has 0 aliphatic carbocycles. The lowest BCUT2D eigenvalue weighted by Crippen LogP contribution is -2.06. The third-order valence-corrected chi connectivity index (χ3v) is 3.58. The molecule has 5 heteroatoms. The molecule has 0 bridgehead atoms. The number of aliphatic hydroxyl groups excluding tert-OH is 2. The number of benzene rings is 1. The van der Waals surface area contributed by atoms with Gasteiger partial charge in [0.05, 0.1) is 17.2 Å². The third-order valence-electron chi connectivity index (χ3n) is 3.58. The Morgan fingerprint density at radius 3 is 2.65 bits per heavy atom. The van der Waals surface area contributed by atoms with Crippen LogP contribution in [0.5, 0.6) is 0 Å². The maximum absolute atomic E-state index is 11.4. The third kappa shape index (κ3) is 2.30. The van der Waals surface area contributed by atoms with Crippen LogP contribution in [-0.4, -0.2) is 32.5 Å². The Hall–Kier alpha value is -1.85. The van der Waals surface area contributed by atoms with Gasteiger partial charge in [0, 0.05) is 29.8 Å². The quantitative estimate of drug-likeness (QED) is 0.781. The molecule has 0 aliphatic heterocycles. The first-order valence-electron chi connectivity index (χ1n) is 6.63. The van der Waals surface area contributed by atoms with Crippen LogP contribution in [0.3, 0.4) is 0 Å². The predicted octanol–water partition coefficient (Wildman–Crippen LogP) is 2.08. The van der Waals surface area contributed by atoms with E-state index in [9.17, 15) is 15.0 Å². The first-order valence-corrected chi connectivity index (χ1v) is 6.63. The Labute approximate surface area is 117 Å². The van der Waals surface area contributed by atoms with E-state index in [1.54, 1.807) is 19.1 Å². The van der Waals surface area contributed by atoms with E-state index < -0.39 is 12.1 Å². The monoisotopic (exact) mass is 277 g/mol. The van der Waals surface area contributed by atoms with E-state index in [1.165, 1.54) is 0 Å². The number of carbonyl (C=O) groups is 1. The summed E-state index contributed by atoms with van der Waals surface area (Å²) in [6.45, 7) is 4.10. The minimum atomic E-state index is -0.990. The van der Waals surface area contributed by atoms with Crippen LogP contribution in [-0.2, 0) is 6.54 Å². The second-order valence-electron chi connectivity index (χ2n) is 4.91. The molecule has 2 rings (SSSR count). The molecule has 0 saturated carbocycles. The van der Waals surface area contributed by atoms with E-state index in [1.807, 2.05) is 17.6 Å². The van der Waals surface area contributed by atoms with Crippen molar-refractivity contribution in [1.82, 2.24) is 4.57 Å². The number of aryl methyl sites for hydroxylation is 1. The van der Waals surface area contributed by atoms with Crippen LogP contribution >= 0.6 is 0 Å². The van der Waals surface area contributed by atoms with Crippen LogP contribution in [0.2, 0.25) is 0 Å². The maximum Gasteiger partial charge on any atom is 0.337 e. The zero-order valence-corrected chi connectivity index (χ0v) is 11.6. The number of para-hydroxylation sites is 1. The van der Waals surface area contributed by atoms with Crippen LogP contribution in [0.1, 0.15) is 41.1 Å². The van der Waals surface area contributed by atoms with Crippen molar-refractivity contribution in [2.45, 2.75) is 32.9 Å². The number of carboxylic acids is 1. The molecule has 0 fully saturated rings. The maximum atomic E-state index is 11.4. The van der Waals surface area contributed by atoms with Gasteiger partial charge in [0.2, 0.25) is 0 Å². The van der Waals surface area contributed by atoms with Gasteiger partial charge in [0.25, 0.3) is 0 Å². The molecule has 0 spiro atoms. The Bertz CT molecular complexity index is 643. The number of rotatable bonds is 5. The van der Waals surface area contributed by atoms with E-state index in [0.29, 0.717) is 18.5 Å². The topological polar surface area (TPSA) is 82.7 Å². The van der Waals surface area contributed by atoms with Crippen molar-refractivity contribution in [3.05, 3.63) is 35.0 Å². The van der Waals surface area contributed by atoms with E-state index in [2.05, 4.69) is 0 Å². The van der Waals surface area contributed by atoms with Gasteiger partial charge in [-0.3, -0.25) is 0 Å². The second kappa shape index (κ2) is 5.64. The second-order valence-corrected chi connectivity index (χ2v) is 4.91. The number of hydrogen-bond donors (Lipinski definition) is 3.